The van der Waals surface area contributed by atoms with Crippen molar-refractivity contribution in [3.63, 3.8) is 0 Å². The third-order valence-corrected chi connectivity index (χ3v) is 3.18. The minimum absolute atomic E-state index is 0.178. The van der Waals surface area contributed by atoms with E-state index in [0.717, 1.165) is 25.3 Å². The Bertz CT molecular complexity index is 467. The van der Waals surface area contributed by atoms with Gasteiger partial charge in [-0.2, -0.15) is 0 Å². The second kappa shape index (κ2) is 6.70. The fraction of sp³-hybridized carbons (Fsp3) is 0.600. The van der Waals surface area contributed by atoms with E-state index < -0.39 is 5.97 Å². The second-order valence-electron chi connectivity index (χ2n) is 6.00. The summed E-state index contributed by atoms with van der Waals surface area (Å²) < 4.78 is 0. The SMILES string of the molecule is CCN(C)CCNc1cc(C(=O)O)cc(C(C)(C)C)n1. The number of nitrogens with zero attached hydrogens (tertiary/aromatic N) is 2. The lowest BCUT2D eigenvalue weighted by Gasteiger charge is -2.20. The summed E-state index contributed by atoms with van der Waals surface area (Å²) in [6.07, 6.45) is 0. The molecule has 0 atom stereocenters. The minimum Gasteiger partial charge on any atom is -0.478 e. The first-order valence-electron chi connectivity index (χ1n) is 6.92. The molecule has 1 heterocycles. The summed E-state index contributed by atoms with van der Waals surface area (Å²) in [4.78, 5) is 17.9. The molecule has 0 saturated carbocycles. The van der Waals surface area contributed by atoms with Gasteiger partial charge in [-0.05, 0) is 25.7 Å². The monoisotopic (exact) mass is 279 g/mol. The van der Waals surface area contributed by atoms with Gasteiger partial charge in [-0.3, -0.25) is 0 Å². The lowest BCUT2D eigenvalue weighted by Crippen LogP contribution is -2.25. The van der Waals surface area contributed by atoms with Crippen LogP contribution in [-0.2, 0) is 5.41 Å². The zero-order valence-electron chi connectivity index (χ0n) is 13.0. The number of likely N-dealkylation sites (N-methyl/N-ethyl adjacent to an activating group) is 1. The van der Waals surface area contributed by atoms with Crippen molar-refractivity contribution >= 4 is 11.8 Å². The van der Waals surface area contributed by atoms with E-state index in [4.69, 9.17) is 0 Å². The predicted molar refractivity (Wildman–Crippen MR) is 81.6 cm³/mol. The van der Waals surface area contributed by atoms with Crippen molar-refractivity contribution in [3.05, 3.63) is 23.4 Å². The number of aromatic nitrogens is 1. The highest BCUT2D eigenvalue weighted by Gasteiger charge is 2.19. The van der Waals surface area contributed by atoms with Crippen molar-refractivity contribution in [2.24, 2.45) is 0 Å². The molecule has 112 valence electrons. The fourth-order valence-electron chi connectivity index (χ4n) is 1.66. The van der Waals surface area contributed by atoms with Crippen molar-refractivity contribution in [1.82, 2.24) is 9.88 Å². The average Bonchev–Trinajstić information content (AvgIpc) is 2.37. The standard InChI is InChI=1S/C15H25N3O2/c1-6-18(5)8-7-16-13-10-11(14(19)20)9-12(17-13)15(2,3)4/h9-10H,6-8H2,1-5H3,(H,16,17)(H,19,20). The summed E-state index contributed by atoms with van der Waals surface area (Å²) in [5, 5.41) is 12.4. The molecule has 0 aliphatic heterocycles. The van der Waals surface area contributed by atoms with Gasteiger partial charge in [0.2, 0.25) is 0 Å². The maximum atomic E-state index is 11.2. The van der Waals surface area contributed by atoms with Crippen molar-refractivity contribution in [2.45, 2.75) is 33.1 Å². The molecule has 1 aromatic rings. The highest BCUT2D eigenvalue weighted by molar-refractivity contribution is 5.88. The van der Waals surface area contributed by atoms with Crippen LogP contribution in [0.5, 0.6) is 0 Å². The molecule has 0 aliphatic rings. The number of carboxylic acid groups (broad SMARTS) is 1. The molecule has 5 heteroatoms. The van der Waals surface area contributed by atoms with Gasteiger partial charge in [0.25, 0.3) is 0 Å². The van der Waals surface area contributed by atoms with Crippen molar-refractivity contribution in [1.29, 1.82) is 0 Å². The molecule has 0 fully saturated rings. The Balaban J connectivity index is 2.90. The normalized spacial score (nSPS) is 11.7. The highest BCUT2D eigenvalue weighted by Crippen LogP contribution is 2.23. The van der Waals surface area contributed by atoms with Crippen LogP contribution < -0.4 is 5.32 Å². The third kappa shape index (κ3) is 4.81. The molecule has 1 rings (SSSR count). The van der Waals surface area contributed by atoms with Crippen LogP contribution in [0, 0.1) is 0 Å². The third-order valence-electron chi connectivity index (χ3n) is 3.18. The van der Waals surface area contributed by atoms with Gasteiger partial charge in [0.15, 0.2) is 0 Å². The van der Waals surface area contributed by atoms with Crippen LogP contribution in [0.4, 0.5) is 5.82 Å². The van der Waals surface area contributed by atoms with Crippen molar-refractivity contribution < 1.29 is 9.90 Å². The van der Waals surface area contributed by atoms with E-state index in [2.05, 4.69) is 22.1 Å². The molecule has 0 bridgehead atoms. The lowest BCUT2D eigenvalue weighted by molar-refractivity contribution is 0.0696. The number of rotatable bonds is 6. The molecule has 20 heavy (non-hydrogen) atoms. The van der Waals surface area contributed by atoms with Crippen LogP contribution in [0.3, 0.4) is 0 Å². The molecule has 0 unspecified atom stereocenters. The Morgan fingerprint density at radius 1 is 1.40 bits per heavy atom. The Morgan fingerprint density at radius 3 is 2.55 bits per heavy atom. The smallest absolute Gasteiger partial charge is 0.335 e. The number of pyridine rings is 1. The van der Waals surface area contributed by atoms with Crippen LogP contribution in [0.15, 0.2) is 12.1 Å². The summed E-state index contributed by atoms with van der Waals surface area (Å²) >= 11 is 0. The highest BCUT2D eigenvalue weighted by atomic mass is 16.4. The van der Waals surface area contributed by atoms with E-state index in [-0.39, 0.29) is 11.0 Å². The first kappa shape index (κ1) is 16.4. The van der Waals surface area contributed by atoms with Gasteiger partial charge in [0.1, 0.15) is 5.82 Å². The van der Waals surface area contributed by atoms with Gasteiger partial charge >= 0.3 is 5.97 Å². The summed E-state index contributed by atoms with van der Waals surface area (Å²) in [6.45, 7) is 10.8. The maximum Gasteiger partial charge on any atom is 0.335 e. The number of carboxylic acids is 1. The van der Waals surface area contributed by atoms with Gasteiger partial charge in [-0.25, -0.2) is 9.78 Å². The minimum atomic E-state index is -0.924. The number of carbonyl (C=O) groups is 1. The number of anilines is 1. The van der Waals surface area contributed by atoms with Crippen LogP contribution in [-0.4, -0.2) is 47.6 Å². The molecule has 0 radical (unpaired) electrons. The molecular weight excluding hydrogens is 254 g/mol. The average molecular weight is 279 g/mol. The van der Waals surface area contributed by atoms with Crippen LogP contribution in [0.2, 0.25) is 0 Å². The Kier molecular flexibility index (Phi) is 5.51. The van der Waals surface area contributed by atoms with E-state index in [1.165, 1.54) is 0 Å². The first-order valence-corrected chi connectivity index (χ1v) is 6.92. The molecule has 0 spiro atoms. The molecular formula is C15H25N3O2. The van der Waals surface area contributed by atoms with E-state index in [1.54, 1.807) is 12.1 Å². The topological polar surface area (TPSA) is 65.5 Å². The number of aromatic carboxylic acids is 1. The van der Waals surface area contributed by atoms with Gasteiger partial charge in [0.05, 0.1) is 5.56 Å². The molecule has 5 nitrogen and oxygen atoms in total. The molecule has 0 saturated heterocycles. The zero-order valence-corrected chi connectivity index (χ0v) is 13.0. The fourth-order valence-corrected chi connectivity index (χ4v) is 1.66. The van der Waals surface area contributed by atoms with Gasteiger partial charge in [-0.1, -0.05) is 27.7 Å². The summed E-state index contributed by atoms with van der Waals surface area (Å²) in [7, 11) is 2.05. The maximum absolute atomic E-state index is 11.2. The first-order chi connectivity index (χ1) is 9.24. The molecule has 1 aromatic heterocycles. The summed E-state index contributed by atoms with van der Waals surface area (Å²) in [6, 6.07) is 3.23. The van der Waals surface area contributed by atoms with E-state index in [0.29, 0.717) is 5.82 Å². The van der Waals surface area contributed by atoms with Crippen LogP contribution in [0.1, 0.15) is 43.7 Å². The van der Waals surface area contributed by atoms with Crippen LogP contribution >= 0.6 is 0 Å². The summed E-state index contributed by atoms with van der Waals surface area (Å²) in [5.74, 6) is -0.300. The van der Waals surface area contributed by atoms with Crippen molar-refractivity contribution in [2.75, 3.05) is 32.0 Å². The Hall–Kier alpha value is -1.62. The molecule has 0 aliphatic carbocycles. The zero-order chi connectivity index (χ0) is 15.3. The predicted octanol–water partition coefficient (Wildman–Crippen LogP) is 2.44. The molecule has 0 amide bonds. The second-order valence-corrected chi connectivity index (χ2v) is 6.00. The summed E-state index contributed by atoms with van der Waals surface area (Å²) in [5.41, 5.74) is 0.877. The Morgan fingerprint density at radius 2 is 2.05 bits per heavy atom. The van der Waals surface area contributed by atoms with Gasteiger partial charge in [0, 0.05) is 24.2 Å². The van der Waals surface area contributed by atoms with E-state index in [9.17, 15) is 9.90 Å². The van der Waals surface area contributed by atoms with Gasteiger partial charge in [-0.15, -0.1) is 0 Å². The number of hydrogen-bond donors (Lipinski definition) is 2. The largest absolute Gasteiger partial charge is 0.478 e. The molecule has 2 N–H and O–H groups in total. The number of hydrogen-bond acceptors (Lipinski definition) is 4. The Labute approximate surface area is 121 Å². The lowest BCUT2D eigenvalue weighted by atomic mass is 9.91. The number of nitrogens with one attached hydrogen (secondary N) is 1. The molecule has 0 aromatic carbocycles. The van der Waals surface area contributed by atoms with E-state index in [1.807, 2.05) is 27.8 Å². The van der Waals surface area contributed by atoms with E-state index >= 15 is 0 Å². The van der Waals surface area contributed by atoms with Crippen LogP contribution in [0.25, 0.3) is 0 Å². The van der Waals surface area contributed by atoms with Crippen molar-refractivity contribution in [3.8, 4) is 0 Å². The quantitative estimate of drug-likeness (QED) is 0.837. The van der Waals surface area contributed by atoms with Gasteiger partial charge < -0.3 is 15.3 Å².